The first-order valence-corrected chi connectivity index (χ1v) is 6.04. The third kappa shape index (κ3) is 3.96. The van der Waals surface area contributed by atoms with Gasteiger partial charge in [0.1, 0.15) is 0 Å². The maximum Gasteiger partial charge on any atom is 0.248 e. The molecule has 0 aromatic heterocycles. The third-order valence-corrected chi connectivity index (χ3v) is 2.62. The Morgan fingerprint density at radius 2 is 1.53 bits per heavy atom. The standard InChI is InChI=1S/C17H15NO/c1-14(16-10-6-3-7-11-16)18-17(19)13-12-15-8-4-2-5-9-15/h2-13H,1H2,(H,18,19)/b13-12+. The highest BCUT2D eigenvalue weighted by atomic mass is 16.1. The second-order valence-electron chi connectivity index (χ2n) is 4.08. The molecule has 0 unspecified atom stereocenters. The summed E-state index contributed by atoms with van der Waals surface area (Å²) < 4.78 is 0. The van der Waals surface area contributed by atoms with Gasteiger partial charge in [-0.15, -0.1) is 0 Å². The van der Waals surface area contributed by atoms with Crippen LogP contribution in [0, 0.1) is 0 Å². The van der Waals surface area contributed by atoms with Gasteiger partial charge in [0, 0.05) is 11.8 Å². The van der Waals surface area contributed by atoms with Gasteiger partial charge in [-0.25, -0.2) is 0 Å². The molecule has 2 aromatic carbocycles. The fraction of sp³-hybridized carbons (Fsp3) is 0. The molecule has 1 N–H and O–H groups in total. The van der Waals surface area contributed by atoms with Crippen LogP contribution in [0.1, 0.15) is 11.1 Å². The van der Waals surface area contributed by atoms with Crippen LogP contribution in [-0.4, -0.2) is 5.91 Å². The molecule has 0 spiro atoms. The van der Waals surface area contributed by atoms with E-state index in [1.54, 1.807) is 6.08 Å². The van der Waals surface area contributed by atoms with Crippen molar-refractivity contribution in [1.82, 2.24) is 5.32 Å². The number of amides is 1. The van der Waals surface area contributed by atoms with Crippen molar-refractivity contribution in [2.75, 3.05) is 0 Å². The van der Waals surface area contributed by atoms with Crippen molar-refractivity contribution in [3.8, 4) is 0 Å². The van der Waals surface area contributed by atoms with Gasteiger partial charge in [-0.05, 0) is 17.2 Å². The van der Waals surface area contributed by atoms with Crippen LogP contribution < -0.4 is 5.32 Å². The Morgan fingerprint density at radius 3 is 2.16 bits per heavy atom. The minimum atomic E-state index is -0.183. The van der Waals surface area contributed by atoms with Crippen molar-refractivity contribution in [3.63, 3.8) is 0 Å². The Kier molecular flexibility index (Phi) is 4.29. The molecule has 0 bridgehead atoms. The van der Waals surface area contributed by atoms with Gasteiger partial charge in [0.05, 0.1) is 0 Å². The first kappa shape index (κ1) is 12.8. The van der Waals surface area contributed by atoms with Crippen LogP contribution >= 0.6 is 0 Å². The summed E-state index contributed by atoms with van der Waals surface area (Å²) in [5.41, 5.74) is 2.50. The van der Waals surface area contributed by atoms with Gasteiger partial charge < -0.3 is 5.32 Å². The van der Waals surface area contributed by atoms with Crippen LogP contribution in [0.4, 0.5) is 0 Å². The number of benzene rings is 2. The molecule has 0 aliphatic carbocycles. The molecular weight excluding hydrogens is 234 g/mol. The molecule has 2 nitrogen and oxygen atoms in total. The fourth-order valence-electron chi connectivity index (χ4n) is 1.64. The predicted molar refractivity (Wildman–Crippen MR) is 79.1 cm³/mol. The summed E-state index contributed by atoms with van der Waals surface area (Å²) in [5.74, 6) is -0.183. The number of carbonyl (C=O) groups is 1. The van der Waals surface area contributed by atoms with E-state index in [9.17, 15) is 4.79 Å². The van der Waals surface area contributed by atoms with Crippen molar-refractivity contribution in [2.24, 2.45) is 0 Å². The molecule has 2 heteroatoms. The average molecular weight is 249 g/mol. The van der Waals surface area contributed by atoms with Crippen LogP contribution in [-0.2, 0) is 4.79 Å². The van der Waals surface area contributed by atoms with Gasteiger partial charge in [0.2, 0.25) is 5.91 Å². The molecule has 0 aliphatic heterocycles. The number of hydrogen-bond donors (Lipinski definition) is 1. The number of carbonyl (C=O) groups excluding carboxylic acids is 1. The molecule has 2 aromatic rings. The van der Waals surface area contributed by atoms with Crippen LogP contribution in [0.3, 0.4) is 0 Å². The van der Waals surface area contributed by atoms with Gasteiger partial charge in [0.25, 0.3) is 0 Å². The summed E-state index contributed by atoms with van der Waals surface area (Å²) in [5, 5.41) is 2.75. The quantitative estimate of drug-likeness (QED) is 0.826. The first-order valence-electron chi connectivity index (χ1n) is 6.04. The van der Waals surface area contributed by atoms with E-state index in [-0.39, 0.29) is 5.91 Å². The third-order valence-electron chi connectivity index (χ3n) is 2.62. The summed E-state index contributed by atoms with van der Waals surface area (Å²) in [4.78, 5) is 11.7. The molecule has 0 saturated heterocycles. The molecule has 0 aliphatic rings. The van der Waals surface area contributed by atoms with E-state index in [0.29, 0.717) is 5.70 Å². The van der Waals surface area contributed by atoms with Crippen LogP contribution in [0.5, 0.6) is 0 Å². The summed E-state index contributed by atoms with van der Waals surface area (Å²) in [7, 11) is 0. The lowest BCUT2D eigenvalue weighted by Crippen LogP contribution is -2.18. The molecule has 0 atom stereocenters. The molecular formula is C17H15NO. The highest BCUT2D eigenvalue weighted by Gasteiger charge is 2.00. The van der Waals surface area contributed by atoms with Crippen LogP contribution in [0.15, 0.2) is 73.3 Å². The average Bonchev–Trinajstić information content (AvgIpc) is 2.47. The number of nitrogens with one attached hydrogen (secondary N) is 1. The molecule has 94 valence electrons. The normalized spacial score (nSPS) is 10.3. The second kappa shape index (κ2) is 6.36. The van der Waals surface area contributed by atoms with Crippen molar-refractivity contribution >= 4 is 17.7 Å². The zero-order valence-corrected chi connectivity index (χ0v) is 10.5. The molecule has 0 radical (unpaired) electrons. The van der Waals surface area contributed by atoms with E-state index < -0.39 is 0 Å². The Labute approximate surface area is 113 Å². The summed E-state index contributed by atoms with van der Waals surface area (Å²) in [6, 6.07) is 19.2. The van der Waals surface area contributed by atoms with Crippen LogP contribution in [0.25, 0.3) is 11.8 Å². The van der Waals surface area contributed by atoms with Crippen LogP contribution in [0.2, 0.25) is 0 Å². The van der Waals surface area contributed by atoms with E-state index in [1.165, 1.54) is 6.08 Å². The Bertz CT molecular complexity index is 585. The Balaban J connectivity index is 1.95. The summed E-state index contributed by atoms with van der Waals surface area (Å²) >= 11 is 0. The van der Waals surface area contributed by atoms with Crippen molar-refractivity contribution in [3.05, 3.63) is 84.4 Å². The maximum absolute atomic E-state index is 11.7. The highest BCUT2D eigenvalue weighted by molar-refractivity contribution is 5.97. The van der Waals surface area contributed by atoms with Gasteiger partial charge in [0.15, 0.2) is 0 Å². The molecule has 19 heavy (non-hydrogen) atoms. The van der Waals surface area contributed by atoms with Gasteiger partial charge >= 0.3 is 0 Å². The summed E-state index contributed by atoms with van der Waals surface area (Å²) in [6.07, 6.45) is 3.27. The van der Waals surface area contributed by atoms with E-state index in [1.807, 2.05) is 60.7 Å². The lowest BCUT2D eigenvalue weighted by atomic mass is 10.2. The molecule has 1 amide bonds. The SMILES string of the molecule is C=C(NC(=O)/C=C/c1ccccc1)c1ccccc1. The first-order chi connectivity index (χ1) is 9.25. The van der Waals surface area contributed by atoms with Gasteiger partial charge in [-0.1, -0.05) is 67.2 Å². The largest absolute Gasteiger partial charge is 0.323 e. The van der Waals surface area contributed by atoms with E-state index in [2.05, 4.69) is 11.9 Å². The zero-order chi connectivity index (χ0) is 13.5. The second-order valence-corrected chi connectivity index (χ2v) is 4.08. The van der Waals surface area contributed by atoms with Crippen molar-refractivity contribution < 1.29 is 4.79 Å². The maximum atomic E-state index is 11.7. The zero-order valence-electron chi connectivity index (χ0n) is 10.5. The van der Waals surface area contributed by atoms with E-state index in [0.717, 1.165) is 11.1 Å². The number of rotatable bonds is 4. The smallest absolute Gasteiger partial charge is 0.248 e. The molecule has 0 fully saturated rings. The van der Waals surface area contributed by atoms with Crippen molar-refractivity contribution in [1.29, 1.82) is 0 Å². The molecule has 2 rings (SSSR count). The van der Waals surface area contributed by atoms with Gasteiger partial charge in [-0.3, -0.25) is 4.79 Å². The minimum absolute atomic E-state index is 0.183. The highest BCUT2D eigenvalue weighted by Crippen LogP contribution is 2.08. The monoisotopic (exact) mass is 249 g/mol. The Hall–Kier alpha value is -2.61. The lowest BCUT2D eigenvalue weighted by Gasteiger charge is -2.05. The number of hydrogen-bond acceptors (Lipinski definition) is 1. The summed E-state index contributed by atoms with van der Waals surface area (Å²) in [6.45, 7) is 3.85. The van der Waals surface area contributed by atoms with E-state index in [4.69, 9.17) is 0 Å². The van der Waals surface area contributed by atoms with Crippen molar-refractivity contribution in [2.45, 2.75) is 0 Å². The fourth-order valence-corrected chi connectivity index (χ4v) is 1.64. The molecule has 0 saturated carbocycles. The van der Waals surface area contributed by atoms with E-state index >= 15 is 0 Å². The Morgan fingerprint density at radius 1 is 0.947 bits per heavy atom. The predicted octanol–water partition coefficient (Wildman–Crippen LogP) is 3.49. The topological polar surface area (TPSA) is 29.1 Å². The minimum Gasteiger partial charge on any atom is -0.323 e. The lowest BCUT2D eigenvalue weighted by molar-refractivity contribution is -0.115. The molecule has 0 heterocycles. The van der Waals surface area contributed by atoms with Gasteiger partial charge in [-0.2, -0.15) is 0 Å².